The minimum Gasteiger partial charge on any atom is -0.444 e. The zero-order chi connectivity index (χ0) is 19.4. The molecular weight excluding hydrogens is 321 g/mol. The van der Waals surface area contributed by atoms with Crippen LogP contribution < -0.4 is 0 Å². The molecule has 2 rings (SSSR count). The van der Waals surface area contributed by atoms with E-state index in [9.17, 15) is 9.18 Å². The summed E-state index contributed by atoms with van der Waals surface area (Å²) in [6.07, 6.45) is -1.07. The van der Waals surface area contributed by atoms with Crippen LogP contribution in [0, 0.1) is 6.92 Å². The van der Waals surface area contributed by atoms with Gasteiger partial charge in [0.05, 0.1) is 6.04 Å². The van der Waals surface area contributed by atoms with Crippen LogP contribution >= 0.6 is 0 Å². The molecule has 0 spiro atoms. The molecule has 1 aliphatic rings. The summed E-state index contributed by atoms with van der Waals surface area (Å²) in [6.45, 7) is 14.2. The van der Waals surface area contributed by atoms with E-state index in [1.165, 1.54) is 4.90 Å². The molecule has 1 fully saturated rings. The van der Waals surface area contributed by atoms with Crippen LogP contribution in [0.15, 0.2) is 24.3 Å². The van der Waals surface area contributed by atoms with Crippen molar-refractivity contribution >= 4 is 6.09 Å². The van der Waals surface area contributed by atoms with Gasteiger partial charge in [0.25, 0.3) is 0 Å². The maximum absolute atomic E-state index is 13.8. The molecule has 0 radical (unpaired) electrons. The SMILES string of the molecule is CC.Cc1ccc(C2OC(C)(C)N(C(=O)OC(C)(C)C)C2CF)cc1. The second-order valence-electron chi connectivity index (χ2n) is 7.47. The van der Waals surface area contributed by atoms with Gasteiger partial charge in [0.1, 0.15) is 24.1 Å². The lowest BCUT2D eigenvalue weighted by Gasteiger charge is -2.34. The molecule has 0 saturated carbocycles. The van der Waals surface area contributed by atoms with Crippen molar-refractivity contribution < 1.29 is 18.7 Å². The predicted molar refractivity (Wildman–Crippen MR) is 98.3 cm³/mol. The Morgan fingerprint density at radius 2 is 1.76 bits per heavy atom. The van der Waals surface area contributed by atoms with Gasteiger partial charge >= 0.3 is 6.09 Å². The molecule has 2 unspecified atom stereocenters. The Morgan fingerprint density at radius 3 is 2.20 bits per heavy atom. The Morgan fingerprint density at radius 1 is 1.24 bits per heavy atom. The fourth-order valence-electron chi connectivity index (χ4n) is 2.84. The van der Waals surface area contributed by atoms with E-state index in [2.05, 4.69) is 0 Å². The number of aryl methyl sites for hydroxylation is 1. The number of halogens is 1. The Balaban J connectivity index is 0.00000151. The monoisotopic (exact) mass is 353 g/mol. The van der Waals surface area contributed by atoms with Crippen molar-refractivity contribution in [2.24, 2.45) is 0 Å². The third-order valence-electron chi connectivity index (χ3n) is 3.83. The van der Waals surface area contributed by atoms with E-state index in [1.807, 2.05) is 45.0 Å². The first-order valence-corrected chi connectivity index (χ1v) is 8.88. The summed E-state index contributed by atoms with van der Waals surface area (Å²) in [4.78, 5) is 13.9. The number of rotatable bonds is 2. The first-order valence-electron chi connectivity index (χ1n) is 8.88. The highest BCUT2D eigenvalue weighted by Crippen LogP contribution is 2.42. The highest BCUT2D eigenvalue weighted by molar-refractivity contribution is 5.70. The second kappa shape index (κ2) is 8.17. The number of amides is 1. The number of carbonyl (C=O) groups is 1. The van der Waals surface area contributed by atoms with Gasteiger partial charge in [-0.25, -0.2) is 9.18 Å². The van der Waals surface area contributed by atoms with E-state index in [4.69, 9.17) is 9.47 Å². The lowest BCUT2D eigenvalue weighted by molar-refractivity contribution is -0.0797. The summed E-state index contributed by atoms with van der Waals surface area (Å²) in [5.41, 5.74) is 0.397. The first-order chi connectivity index (χ1) is 11.5. The number of benzene rings is 1. The van der Waals surface area contributed by atoms with E-state index >= 15 is 0 Å². The fourth-order valence-corrected chi connectivity index (χ4v) is 2.84. The Labute approximate surface area is 151 Å². The molecule has 0 aliphatic carbocycles. The molecule has 0 bridgehead atoms. The minimum absolute atomic E-state index is 0.511. The van der Waals surface area contributed by atoms with Crippen molar-refractivity contribution in [3.05, 3.63) is 35.4 Å². The van der Waals surface area contributed by atoms with Crippen LogP contribution in [0.5, 0.6) is 0 Å². The second-order valence-corrected chi connectivity index (χ2v) is 7.47. The van der Waals surface area contributed by atoms with Gasteiger partial charge in [-0.3, -0.25) is 4.90 Å². The largest absolute Gasteiger partial charge is 0.444 e. The standard InChI is InChI=1S/C18H26FNO3.C2H6/c1-12-7-9-13(10-8-12)15-14(11-19)20(18(5,6)22-15)16(21)23-17(2,3)4;1-2/h7-10,14-15H,11H2,1-6H3;1-2H3. The number of nitrogens with zero attached hydrogens (tertiary/aromatic N) is 1. The van der Waals surface area contributed by atoms with Gasteiger partial charge in [0.2, 0.25) is 0 Å². The van der Waals surface area contributed by atoms with Crippen molar-refractivity contribution in [2.45, 2.75) is 78.9 Å². The van der Waals surface area contributed by atoms with E-state index in [1.54, 1.807) is 34.6 Å². The molecule has 0 aromatic heterocycles. The van der Waals surface area contributed by atoms with E-state index < -0.39 is 36.2 Å². The van der Waals surface area contributed by atoms with E-state index in [0.29, 0.717) is 0 Å². The van der Waals surface area contributed by atoms with Gasteiger partial charge < -0.3 is 9.47 Å². The zero-order valence-electron chi connectivity index (χ0n) is 16.7. The van der Waals surface area contributed by atoms with Crippen molar-refractivity contribution in [3.8, 4) is 0 Å². The van der Waals surface area contributed by atoms with Crippen LogP contribution in [-0.2, 0) is 9.47 Å². The molecule has 1 aromatic carbocycles. The van der Waals surface area contributed by atoms with Crippen molar-refractivity contribution in [1.29, 1.82) is 0 Å². The van der Waals surface area contributed by atoms with Gasteiger partial charge in [-0.2, -0.15) is 0 Å². The van der Waals surface area contributed by atoms with Crippen molar-refractivity contribution in [1.82, 2.24) is 4.90 Å². The molecule has 1 amide bonds. The molecule has 25 heavy (non-hydrogen) atoms. The molecule has 1 aromatic rings. The third-order valence-corrected chi connectivity index (χ3v) is 3.83. The minimum atomic E-state index is -0.936. The van der Waals surface area contributed by atoms with Crippen LogP contribution in [0.25, 0.3) is 0 Å². The Kier molecular flexibility index (Phi) is 7.00. The molecule has 0 N–H and O–H groups in total. The summed E-state index contributed by atoms with van der Waals surface area (Å²) in [7, 11) is 0. The average molecular weight is 353 g/mol. The smallest absolute Gasteiger partial charge is 0.413 e. The lowest BCUT2D eigenvalue weighted by atomic mass is 10.0. The fraction of sp³-hybridized carbons (Fsp3) is 0.650. The lowest BCUT2D eigenvalue weighted by Crippen LogP contribution is -2.50. The maximum atomic E-state index is 13.8. The number of hydrogen-bond donors (Lipinski definition) is 0. The summed E-state index contributed by atoms with van der Waals surface area (Å²) < 4.78 is 25.2. The number of alkyl halides is 1. The highest BCUT2D eigenvalue weighted by Gasteiger charge is 2.51. The van der Waals surface area contributed by atoms with Gasteiger partial charge in [0, 0.05) is 0 Å². The zero-order valence-corrected chi connectivity index (χ0v) is 16.7. The van der Waals surface area contributed by atoms with Crippen molar-refractivity contribution in [3.63, 3.8) is 0 Å². The first kappa shape index (κ1) is 21.4. The summed E-state index contributed by atoms with van der Waals surface area (Å²) >= 11 is 0. The Bertz CT molecular complexity index is 563. The summed E-state index contributed by atoms with van der Waals surface area (Å²) in [6, 6.07) is 7.03. The highest BCUT2D eigenvalue weighted by atomic mass is 19.1. The molecule has 2 atom stereocenters. The summed E-state index contributed by atoms with van der Waals surface area (Å²) in [5, 5.41) is 0. The average Bonchev–Trinajstić information content (AvgIpc) is 2.79. The molecule has 1 heterocycles. The van der Waals surface area contributed by atoms with E-state index in [0.717, 1.165) is 11.1 Å². The summed E-state index contributed by atoms with van der Waals surface area (Å²) in [5.74, 6) is 0. The van der Waals surface area contributed by atoms with Crippen molar-refractivity contribution in [2.75, 3.05) is 6.67 Å². The van der Waals surface area contributed by atoms with Crippen LogP contribution in [-0.4, -0.2) is 35.0 Å². The molecule has 1 aliphatic heterocycles. The van der Waals surface area contributed by atoms with Gasteiger partial charge in [-0.05, 0) is 47.1 Å². The van der Waals surface area contributed by atoms with E-state index in [-0.39, 0.29) is 0 Å². The normalized spacial score (nSPS) is 22.2. The molecule has 5 heteroatoms. The van der Waals surface area contributed by atoms with Crippen LogP contribution in [0.3, 0.4) is 0 Å². The molecule has 4 nitrogen and oxygen atoms in total. The van der Waals surface area contributed by atoms with Gasteiger partial charge in [0.15, 0.2) is 0 Å². The van der Waals surface area contributed by atoms with Gasteiger partial charge in [-0.1, -0.05) is 43.7 Å². The number of ether oxygens (including phenoxy) is 2. The van der Waals surface area contributed by atoms with Gasteiger partial charge in [-0.15, -0.1) is 0 Å². The van der Waals surface area contributed by atoms with Crippen LogP contribution in [0.2, 0.25) is 0 Å². The molecular formula is C20H32FNO3. The van der Waals surface area contributed by atoms with Crippen LogP contribution in [0.1, 0.15) is 65.7 Å². The number of carbonyl (C=O) groups excluding carboxylic acids is 1. The molecule has 1 saturated heterocycles. The Hall–Kier alpha value is -1.62. The third kappa shape index (κ3) is 5.18. The maximum Gasteiger partial charge on any atom is 0.413 e. The molecule has 142 valence electrons. The quantitative estimate of drug-likeness (QED) is 0.714. The predicted octanol–water partition coefficient (Wildman–Crippen LogP) is 5.40. The topological polar surface area (TPSA) is 38.8 Å². The van der Waals surface area contributed by atoms with Crippen LogP contribution in [0.4, 0.5) is 9.18 Å². The number of hydrogen-bond acceptors (Lipinski definition) is 3.